The molecular formula is C16H16F3N3O5. The van der Waals surface area contributed by atoms with Crippen molar-refractivity contribution in [3.63, 3.8) is 0 Å². The minimum absolute atomic E-state index is 0.134. The van der Waals surface area contributed by atoms with Crippen LogP contribution in [0.3, 0.4) is 0 Å². The minimum atomic E-state index is -4.46. The van der Waals surface area contributed by atoms with Gasteiger partial charge in [-0.15, -0.1) is 0 Å². The fourth-order valence-electron chi connectivity index (χ4n) is 2.86. The number of carbonyl (C=O) groups is 2. The van der Waals surface area contributed by atoms with E-state index in [1.807, 2.05) is 0 Å². The van der Waals surface area contributed by atoms with Gasteiger partial charge in [0.25, 0.3) is 0 Å². The van der Waals surface area contributed by atoms with Gasteiger partial charge in [-0.25, -0.2) is 9.78 Å². The van der Waals surface area contributed by atoms with Gasteiger partial charge in [-0.3, -0.25) is 4.79 Å². The average Bonchev–Trinajstić information content (AvgIpc) is 2.97. The predicted molar refractivity (Wildman–Crippen MR) is 84.9 cm³/mol. The van der Waals surface area contributed by atoms with Crippen molar-refractivity contribution in [1.82, 2.24) is 14.9 Å². The van der Waals surface area contributed by atoms with Gasteiger partial charge >= 0.3 is 12.1 Å². The lowest BCUT2D eigenvalue weighted by Gasteiger charge is -2.26. The Morgan fingerprint density at radius 2 is 2.15 bits per heavy atom. The summed E-state index contributed by atoms with van der Waals surface area (Å²) in [5.74, 6) is -1.22. The Kier molecular flexibility index (Phi) is 5.33. The fraction of sp³-hybridized carbons (Fsp3) is 0.438. The first-order valence-electron chi connectivity index (χ1n) is 7.97. The molecule has 0 aliphatic carbocycles. The molecule has 2 N–H and O–H groups in total. The van der Waals surface area contributed by atoms with Crippen LogP contribution in [-0.4, -0.2) is 52.9 Å². The van der Waals surface area contributed by atoms with E-state index in [0.717, 1.165) is 12.1 Å². The van der Waals surface area contributed by atoms with Gasteiger partial charge < -0.3 is 24.5 Å². The molecule has 0 bridgehead atoms. The summed E-state index contributed by atoms with van der Waals surface area (Å²) in [6.07, 6.45) is -4.46. The Morgan fingerprint density at radius 1 is 1.37 bits per heavy atom. The average molecular weight is 387 g/mol. The van der Waals surface area contributed by atoms with Crippen LogP contribution in [0.4, 0.5) is 13.2 Å². The minimum Gasteiger partial charge on any atom is -0.480 e. The van der Waals surface area contributed by atoms with E-state index >= 15 is 0 Å². The predicted octanol–water partition coefficient (Wildman–Crippen LogP) is 1.34. The Balaban J connectivity index is 1.73. The molecule has 0 unspecified atom stereocenters. The number of hydrogen-bond acceptors (Lipinski definition) is 5. The number of nitrogens with one attached hydrogen (secondary N) is 1. The molecule has 1 atom stereocenters. The number of carboxylic acid groups (broad SMARTS) is 1. The number of imidazole rings is 1. The second-order valence-electron chi connectivity index (χ2n) is 5.96. The van der Waals surface area contributed by atoms with Crippen molar-refractivity contribution >= 4 is 22.9 Å². The van der Waals surface area contributed by atoms with E-state index in [1.54, 1.807) is 4.57 Å². The Hall–Kier alpha value is -2.66. The summed E-state index contributed by atoms with van der Waals surface area (Å²) >= 11 is 0. The Morgan fingerprint density at radius 3 is 2.85 bits per heavy atom. The smallest absolute Gasteiger partial charge is 0.416 e. The lowest BCUT2D eigenvalue weighted by Crippen LogP contribution is -2.37. The molecule has 0 spiro atoms. The van der Waals surface area contributed by atoms with Gasteiger partial charge in [0.15, 0.2) is 0 Å². The maximum absolute atomic E-state index is 12.9. The van der Waals surface area contributed by atoms with Crippen molar-refractivity contribution in [2.75, 3.05) is 26.4 Å². The first kappa shape index (κ1) is 19.1. The summed E-state index contributed by atoms with van der Waals surface area (Å²) < 4.78 is 50.5. The summed E-state index contributed by atoms with van der Waals surface area (Å²) in [6.45, 7) is -0.461. The molecule has 2 heterocycles. The summed E-state index contributed by atoms with van der Waals surface area (Å²) in [5, 5.41) is 11.1. The number of carbonyl (C=O) groups excluding carboxylic acids is 1. The molecule has 0 radical (unpaired) electrons. The third kappa shape index (κ3) is 4.37. The normalized spacial score (nSPS) is 16.9. The molecule has 1 aromatic carbocycles. The number of fused-ring (bicyclic) bond motifs is 3. The summed E-state index contributed by atoms with van der Waals surface area (Å²) in [4.78, 5) is 26.3. The van der Waals surface area contributed by atoms with Crippen LogP contribution < -0.4 is 5.32 Å². The zero-order valence-corrected chi connectivity index (χ0v) is 14.0. The number of benzene rings is 1. The first-order valence-corrected chi connectivity index (χ1v) is 7.97. The Labute approximate surface area is 150 Å². The summed E-state index contributed by atoms with van der Waals surface area (Å²) in [6, 6.07) is 2.96. The van der Waals surface area contributed by atoms with Crippen LogP contribution in [0.15, 0.2) is 18.2 Å². The van der Waals surface area contributed by atoms with E-state index in [1.165, 1.54) is 6.07 Å². The number of nitrogens with zero attached hydrogens (tertiary/aromatic N) is 2. The molecule has 8 nitrogen and oxygen atoms in total. The number of aromatic nitrogens is 2. The maximum atomic E-state index is 12.9. The molecule has 0 fully saturated rings. The van der Waals surface area contributed by atoms with Crippen molar-refractivity contribution in [2.24, 2.45) is 0 Å². The van der Waals surface area contributed by atoms with Crippen molar-refractivity contribution in [2.45, 2.75) is 18.8 Å². The molecule has 11 heteroatoms. The molecule has 1 amide bonds. The van der Waals surface area contributed by atoms with E-state index in [-0.39, 0.29) is 31.3 Å². The first-order chi connectivity index (χ1) is 12.8. The topological polar surface area (TPSA) is 103 Å². The number of aliphatic carboxylic acids is 1. The van der Waals surface area contributed by atoms with E-state index in [0.29, 0.717) is 11.3 Å². The van der Waals surface area contributed by atoms with Crippen molar-refractivity contribution in [3.8, 4) is 0 Å². The highest BCUT2D eigenvalue weighted by Crippen LogP contribution is 2.33. The molecule has 2 aromatic rings. The van der Waals surface area contributed by atoms with Gasteiger partial charge in [0, 0.05) is 6.54 Å². The second kappa shape index (κ2) is 7.53. The number of ether oxygens (including phenoxy) is 2. The number of rotatable bonds is 6. The van der Waals surface area contributed by atoms with Crippen LogP contribution in [0.25, 0.3) is 11.0 Å². The van der Waals surface area contributed by atoms with Crippen molar-refractivity contribution in [1.29, 1.82) is 0 Å². The van der Waals surface area contributed by atoms with Gasteiger partial charge in [-0.05, 0) is 18.2 Å². The molecule has 1 aliphatic heterocycles. The van der Waals surface area contributed by atoms with E-state index in [4.69, 9.17) is 14.6 Å². The van der Waals surface area contributed by atoms with E-state index < -0.39 is 36.8 Å². The molecule has 1 aliphatic rings. The van der Waals surface area contributed by atoms with Crippen LogP contribution in [0.5, 0.6) is 0 Å². The Bertz CT molecular complexity index is 865. The number of alkyl halides is 3. The fourth-order valence-corrected chi connectivity index (χ4v) is 2.86. The standard InChI is InChI=1S/C16H16F3N3O5/c17-16(18,19)9-1-2-12-11(3-9)21-13-6-26-5-10(22(12)13)4-20-14(23)7-27-8-15(24)25/h1-3,10H,4-8H2,(H,20,23)(H,24,25)/t10-/m0/s1. The van der Waals surface area contributed by atoms with Crippen LogP contribution in [0, 0.1) is 0 Å². The zero-order chi connectivity index (χ0) is 19.6. The van der Waals surface area contributed by atoms with Crippen LogP contribution >= 0.6 is 0 Å². The number of carboxylic acids is 1. The van der Waals surface area contributed by atoms with Crippen LogP contribution in [-0.2, 0) is 31.8 Å². The highest BCUT2D eigenvalue weighted by molar-refractivity contribution is 5.78. The zero-order valence-electron chi connectivity index (χ0n) is 14.0. The van der Waals surface area contributed by atoms with Crippen LogP contribution in [0.1, 0.15) is 17.4 Å². The van der Waals surface area contributed by atoms with E-state index in [2.05, 4.69) is 10.3 Å². The molecule has 27 heavy (non-hydrogen) atoms. The van der Waals surface area contributed by atoms with Gasteiger partial charge in [0.05, 0.1) is 29.2 Å². The number of hydrogen-bond donors (Lipinski definition) is 2. The molecule has 0 saturated heterocycles. The lowest BCUT2D eigenvalue weighted by atomic mass is 10.2. The summed E-state index contributed by atoms with van der Waals surface area (Å²) in [5.41, 5.74) is -0.0686. The lowest BCUT2D eigenvalue weighted by molar-refractivity contribution is -0.143. The van der Waals surface area contributed by atoms with Gasteiger partial charge in [0.2, 0.25) is 5.91 Å². The number of amides is 1. The third-order valence-corrected chi connectivity index (χ3v) is 3.99. The molecule has 1 aromatic heterocycles. The van der Waals surface area contributed by atoms with Crippen LogP contribution in [0.2, 0.25) is 0 Å². The third-order valence-electron chi connectivity index (χ3n) is 3.99. The van der Waals surface area contributed by atoms with Gasteiger partial charge in [-0.2, -0.15) is 13.2 Å². The van der Waals surface area contributed by atoms with Crippen molar-refractivity contribution < 1.29 is 37.3 Å². The number of halogens is 3. The monoisotopic (exact) mass is 387 g/mol. The quantitative estimate of drug-likeness (QED) is 0.776. The van der Waals surface area contributed by atoms with Gasteiger partial charge in [-0.1, -0.05) is 0 Å². The molecule has 3 rings (SSSR count). The second-order valence-corrected chi connectivity index (χ2v) is 5.96. The summed E-state index contributed by atoms with van der Waals surface area (Å²) in [7, 11) is 0. The molecule has 0 saturated carbocycles. The van der Waals surface area contributed by atoms with Gasteiger partial charge in [0.1, 0.15) is 25.6 Å². The SMILES string of the molecule is O=C(O)COCC(=O)NC[C@H]1COCc2nc3cc(C(F)(F)F)ccc3n21. The largest absolute Gasteiger partial charge is 0.480 e. The van der Waals surface area contributed by atoms with Crippen molar-refractivity contribution in [3.05, 3.63) is 29.6 Å². The highest BCUT2D eigenvalue weighted by Gasteiger charge is 2.32. The molecule has 146 valence electrons. The van der Waals surface area contributed by atoms with E-state index in [9.17, 15) is 22.8 Å². The highest BCUT2D eigenvalue weighted by atomic mass is 19.4. The maximum Gasteiger partial charge on any atom is 0.416 e. The molecular weight excluding hydrogens is 371 g/mol.